The maximum absolute atomic E-state index is 11.6. The second-order valence-corrected chi connectivity index (χ2v) is 4.90. The van der Waals surface area contributed by atoms with Crippen LogP contribution in [0, 0.1) is 11.8 Å². The van der Waals surface area contributed by atoms with Crippen molar-refractivity contribution in [1.82, 2.24) is 5.32 Å². The van der Waals surface area contributed by atoms with E-state index in [1.807, 2.05) is 54.6 Å². The normalized spacial score (nSPS) is 9.61. The molecule has 118 valence electrons. The molecule has 0 unspecified atom stereocenters. The average molecular weight is 308 g/mol. The van der Waals surface area contributed by atoms with Crippen molar-refractivity contribution in [3.05, 3.63) is 71.3 Å². The number of nitrogens with one attached hydrogen (secondary N) is 1. The molecule has 2 aromatic carbocycles. The Morgan fingerprint density at radius 2 is 1.83 bits per heavy atom. The van der Waals surface area contributed by atoms with Gasteiger partial charge in [-0.15, -0.1) is 0 Å². The number of hydrogen-bond acceptors (Lipinski definition) is 3. The largest absolute Gasteiger partial charge is 0.445 e. The van der Waals surface area contributed by atoms with E-state index in [9.17, 15) is 4.79 Å². The van der Waals surface area contributed by atoms with Crippen LogP contribution in [-0.2, 0) is 17.9 Å². The molecule has 23 heavy (non-hydrogen) atoms. The third kappa shape index (κ3) is 5.85. The summed E-state index contributed by atoms with van der Waals surface area (Å²) >= 11 is 0. The first-order valence-electron chi connectivity index (χ1n) is 7.51. The van der Waals surface area contributed by atoms with Gasteiger partial charge >= 0.3 is 6.09 Å². The topological polar surface area (TPSA) is 64.3 Å². The van der Waals surface area contributed by atoms with Crippen molar-refractivity contribution >= 4 is 6.09 Å². The summed E-state index contributed by atoms with van der Waals surface area (Å²) < 4.78 is 5.11. The molecular formula is C19H20N2O2. The minimum Gasteiger partial charge on any atom is -0.445 e. The van der Waals surface area contributed by atoms with Crippen LogP contribution in [-0.4, -0.2) is 12.6 Å². The maximum Gasteiger partial charge on any atom is 0.407 e. The molecule has 0 aliphatic rings. The highest BCUT2D eigenvalue weighted by Crippen LogP contribution is 2.05. The molecular weight excluding hydrogens is 288 g/mol. The van der Waals surface area contributed by atoms with E-state index in [2.05, 4.69) is 17.2 Å². The standard InChI is InChI=1S/C19H20N2O2/c20-14-18-12-5-4-10-17(18)11-6-7-13-21-19(22)23-15-16-8-2-1-3-9-16/h1-5,8-10,12H,7,13-15,20H2,(H,21,22). The highest BCUT2D eigenvalue weighted by molar-refractivity contribution is 5.67. The summed E-state index contributed by atoms with van der Waals surface area (Å²) in [5.74, 6) is 6.10. The highest BCUT2D eigenvalue weighted by atomic mass is 16.5. The molecule has 4 nitrogen and oxygen atoms in total. The van der Waals surface area contributed by atoms with E-state index >= 15 is 0 Å². The van der Waals surface area contributed by atoms with Crippen LogP contribution in [0.3, 0.4) is 0 Å². The molecule has 3 N–H and O–H groups in total. The summed E-state index contributed by atoms with van der Waals surface area (Å²) in [4.78, 5) is 11.6. The Labute approximate surface area is 136 Å². The zero-order valence-corrected chi connectivity index (χ0v) is 12.9. The van der Waals surface area contributed by atoms with Crippen molar-refractivity contribution in [2.24, 2.45) is 5.73 Å². The molecule has 0 aliphatic carbocycles. The Hall–Kier alpha value is -2.77. The molecule has 0 aliphatic heterocycles. The van der Waals surface area contributed by atoms with Crippen LogP contribution in [0.5, 0.6) is 0 Å². The molecule has 0 aromatic heterocycles. The average Bonchev–Trinajstić information content (AvgIpc) is 2.61. The Kier molecular flexibility index (Phi) is 6.70. The number of ether oxygens (including phenoxy) is 1. The molecule has 0 atom stereocenters. The summed E-state index contributed by atoms with van der Waals surface area (Å²) in [5.41, 5.74) is 8.58. The Bertz CT molecular complexity index is 687. The van der Waals surface area contributed by atoms with E-state index < -0.39 is 6.09 Å². The second-order valence-electron chi connectivity index (χ2n) is 4.90. The van der Waals surface area contributed by atoms with Gasteiger partial charge in [-0.3, -0.25) is 0 Å². The molecule has 0 spiro atoms. The number of benzene rings is 2. The SMILES string of the molecule is NCc1ccccc1C#CCCNC(=O)OCc1ccccc1. The highest BCUT2D eigenvalue weighted by Gasteiger charge is 2.00. The monoisotopic (exact) mass is 308 g/mol. The van der Waals surface area contributed by atoms with Crippen LogP contribution in [0.15, 0.2) is 54.6 Å². The van der Waals surface area contributed by atoms with Crippen LogP contribution in [0.2, 0.25) is 0 Å². The summed E-state index contributed by atoms with van der Waals surface area (Å²) in [7, 11) is 0. The fraction of sp³-hybridized carbons (Fsp3) is 0.211. The number of amides is 1. The summed E-state index contributed by atoms with van der Waals surface area (Å²) in [6.45, 7) is 1.18. The lowest BCUT2D eigenvalue weighted by molar-refractivity contribution is 0.140. The van der Waals surface area contributed by atoms with Gasteiger partial charge in [0.1, 0.15) is 6.61 Å². The summed E-state index contributed by atoms with van der Waals surface area (Å²) in [5, 5.41) is 2.68. The zero-order chi connectivity index (χ0) is 16.3. The van der Waals surface area contributed by atoms with E-state index in [0.29, 0.717) is 19.5 Å². The summed E-state index contributed by atoms with van der Waals surface area (Å²) in [6, 6.07) is 17.3. The van der Waals surface area contributed by atoms with Gasteiger partial charge in [0, 0.05) is 25.1 Å². The molecule has 4 heteroatoms. The minimum atomic E-state index is -0.432. The number of hydrogen-bond donors (Lipinski definition) is 2. The predicted octanol–water partition coefficient (Wildman–Crippen LogP) is 2.81. The van der Waals surface area contributed by atoms with E-state index in [1.165, 1.54) is 0 Å². The molecule has 0 bridgehead atoms. The second kappa shape index (κ2) is 9.29. The van der Waals surface area contributed by atoms with Crippen molar-refractivity contribution < 1.29 is 9.53 Å². The fourth-order valence-corrected chi connectivity index (χ4v) is 1.98. The van der Waals surface area contributed by atoms with Crippen LogP contribution in [0.4, 0.5) is 4.79 Å². The van der Waals surface area contributed by atoms with Gasteiger partial charge in [0.25, 0.3) is 0 Å². The lowest BCUT2D eigenvalue weighted by Crippen LogP contribution is -2.24. The number of alkyl carbamates (subject to hydrolysis) is 1. The van der Waals surface area contributed by atoms with Gasteiger partial charge in [0.15, 0.2) is 0 Å². The number of rotatable bonds is 5. The molecule has 2 aromatic rings. The van der Waals surface area contributed by atoms with Crippen LogP contribution >= 0.6 is 0 Å². The quantitative estimate of drug-likeness (QED) is 0.659. The lowest BCUT2D eigenvalue weighted by atomic mass is 10.1. The predicted molar refractivity (Wildman–Crippen MR) is 90.5 cm³/mol. The first-order chi connectivity index (χ1) is 11.3. The van der Waals surface area contributed by atoms with Crippen molar-refractivity contribution in [3.8, 4) is 11.8 Å². The molecule has 0 fully saturated rings. The third-order valence-corrected chi connectivity index (χ3v) is 3.19. The molecule has 1 amide bonds. The van der Waals surface area contributed by atoms with Gasteiger partial charge in [-0.2, -0.15) is 0 Å². The first kappa shape index (κ1) is 16.6. The van der Waals surface area contributed by atoms with E-state index in [4.69, 9.17) is 10.5 Å². The van der Waals surface area contributed by atoms with E-state index in [1.54, 1.807) is 0 Å². The van der Waals surface area contributed by atoms with Crippen molar-refractivity contribution in [2.75, 3.05) is 6.54 Å². The Morgan fingerprint density at radius 3 is 2.61 bits per heavy atom. The first-order valence-corrected chi connectivity index (χ1v) is 7.51. The Morgan fingerprint density at radius 1 is 1.09 bits per heavy atom. The molecule has 0 saturated carbocycles. The number of carbonyl (C=O) groups excluding carboxylic acids is 1. The van der Waals surface area contributed by atoms with Crippen LogP contribution in [0.25, 0.3) is 0 Å². The van der Waals surface area contributed by atoms with Crippen molar-refractivity contribution in [3.63, 3.8) is 0 Å². The number of nitrogens with two attached hydrogens (primary N) is 1. The van der Waals surface area contributed by atoms with Gasteiger partial charge in [0.05, 0.1) is 0 Å². The van der Waals surface area contributed by atoms with Crippen molar-refractivity contribution in [2.45, 2.75) is 19.6 Å². The molecule has 2 rings (SSSR count). The van der Waals surface area contributed by atoms with Crippen LogP contribution in [0.1, 0.15) is 23.1 Å². The van der Waals surface area contributed by atoms with Crippen LogP contribution < -0.4 is 11.1 Å². The van der Waals surface area contributed by atoms with Gasteiger partial charge in [-0.05, 0) is 17.2 Å². The summed E-state index contributed by atoms with van der Waals surface area (Å²) in [6.07, 6.45) is 0.123. The van der Waals surface area contributed by atoms with E-state index in [0.717, 1.165) is 16.7 Å². The fourth-order valence-electron chi connectivity index (χ4n) is 1.98. The van der Waals surface area contributed by atoms with E-state index in [-0.39, 0.29) is 6.61 Å². The van der Waals surface area contributed by atoms with Gasteiger partial charge in [-0.25, -0.2) is 4.79 Å². The maximum atomic E-state index is 11.6. The molecule has 0 saturated heterocycles. The lowest BCUT2D eigenvalue weighted by Gasteiger charge is -2.05. The molecule has 0 heterocycles. The number of carbonyl (C=O) groups is 1. The smallest absolute Gasteiger partial charge is 0.407 e. The Balaban J connectivity index is 1.69. The third-order valence-electron chi connectivity index (χ3n) is 3.19. The van der Waals surface area contributed by atoms with Gasteiger partial charge in [0.2, 0.25) is 0 Å². The zero-order valence-electron chi connectivity index (χ0n) is 12.9. The molecule has 0 radical (unpaired) electrons. The van der Waals surface area contributed by atoms with Crippen molar-refractivity contribution in [1.29, 1.82) is 0 Å². The van der Waals surface area contributed by atoms with Gasteiger partial charge in [-0.1, -0.05) is 60.4 Å². The minimum absolute atomic E-state index is 0.266. The van der Waals surface area contributed by atoms with Gasteiger partial charge < -0.3 is 15.8 Å².